The first-order chi connectivity index (χ1) is 12.5. The van der Waals surface area contributed by atoms with Crippen molar-refractivity contribution < 1.29 is 14.3 Å². The lowest BCUT2D eigenvalue weighted by molar-refractivity contribution is -0.124. The Morgan fingerprint density at radius 1 is 1.19 bits per heavy atom. The molecule has 2 aromatic carbocycles. The summed E-state index contributed by atoms with van der Waals surface area (Å²) >= 11 is 0. The number of hydrogen-bond donors (Lipinski definition) is 3. The van der Waals surface area contributed by atoms with Crippen LogP contribution in [0.15, 0.2) is 53.5 Å². The summed E-state index contributed by atoms with van der Waals surface area (Å²) in [5.74, 6) is 0.364. The molecule has 3 N–H and O–H groups in total. The van der Waals surface area contributed by atoms with Crippen LogP contribution < -0.4 is 20.7 Å². The number of carbonyl (C=O) groups is 2. The molecule has 7 heteroatoms. The Kier molecular flexibility index (Phi) is 5.17. The minimum Gasteiger partial charge on any atom is -0.497 e. The summed E-state index contributed by atoms with van der Waals surface area (Å²) in [7, 11) is 1.58. The molecule has 0 saturated carbocycles. The van der Waals surface area contributed by atoms with Crippen LogP contribution in [0, 0.1) is 6.92 Å². The Labute approximate surface area is 151 Å². The topological polar surface area (TPSA) is 91.8 Å². The highest BCUT2D eigenvalue weighted by Crippen LogP contribution is 2.17. The van der Waals surface area contributed by atoms with Crippen molar-refractivity contribution in [3.8, 4) is 5.75 Å². The Hall–Kier alpha value is -3.35. The molecule has 1 atom stereocenters. The van der Waals surface area contributed by atoms with Gasteiger partial charge in [0.2, 0.25) is 17.8 Å². The van der Waals surface area contributed by atoms with E-state index in [9.17, 15) is 9.59 Å². The molecular formula is C19H20N4O3. The number of amides is 2. The normalized spacial score (nSPS) is 16.3. The van der Waals surface area contributed by atoms with Crippen molar-refractivity contribution in [1.29, 1.82) is 0 Å². The number of nitrogens with one attached hydrogen (secondary N) is 3. The van der Waals surface area contributed by atoms with Gasteiger partial charge in [-0.05, 0) is 48.9 Å². The maximum absolute atomic E-state index is 12.5. The molecule has 0 aliphatic carbocycles. The number of aryl methyl sites for hydroxylation is 1. The SMILES string of the molecule is COc1ccc(NC(=O)[C@@H]2CC(=O)NC(Nc3cccc(C)c3)=N2)cc1. The first-order valence-corrected chi connectivity index (χ1v) is 8.20. The Morgan fingerprint density at radius 2 is 1.96 bits per heavy atom. The van der Waals surface area contributed by atoms with Gasteiger partial charge in [0.1, 0.15) is 11.8 Å². The lowest BCUT2D eigenvalue weighted by Gasteiger charge is -2.21. The van der Waals surface area contributed by atoms with Gasteiger partial charge in [-0.15, -0.1) is 0 Å². The Morgan fingerprint density at radius 3 is 2.65 bits per heavy atom. The van der Waals surface area contributed by atoms with Crippen LogP contribution in [0.1, 0.15) is 12.0 Å². The molecule has 7 nitrogen and oxygen atoms in total. The van der Waals surface area contributed by atoms with Crippen molar-refractivity contribution in [1.82, 2.24) is 5.32 Å². The molecule has 1 heterocycles. The minimum atomic E-state index is -0.793. The van der Waals surface area contributed by atoms with Gasteiger partial charge < -0.3 is 15.4 Å². The van der Waals surface area contributed by atoms with Crippen LogP contribution >= 0.6 is 0 Å². The third kappa shape index (κ3) is 4.38. The first kappa shape index (κ1) is 17.5. The quantitative estimate of drug-likeness (QED) is 0.787. The molecule has 0 radical (unpaired) electrons. The van der Waals surface area contributed by atoms with E-state index in [0.717, 1.165) is 11.3 Å². The van der Waals surface area contributed by atoms with E-state index >= 15 is 0 Å². The molecule has 3 rings (SSSR count). The zero-order valence-corrected chi connectivity index (χ0v) is 14.6. The molecule has 0 saturated heterocycles. The van der Waals surface area contributed by atoms with Gasteiger partial charge in [-0.1, -0.05) is 12.1 Å². The lowest BCUT2D eigenvalue weighted by atomic mass is 10.1. The molecule has 1 aliphatic heterocycles. The highest BCUT2D eigenvalue weighted by molar-refractivity contribution is 6.10. The zero-order chi connectivity index (χ0) is 18.5. The molecule has 0 bridgehead atoms. The van der Waals surface area contributed by atoms with Crippen LogP contribution in [0.25, 0.3) is 0 Å². The summed E-state index contributed by atoms with van der Waals surface area (Å²) in [6.45, 7) is 1.97. The van der Waals surface area contributed by atoms with Gasteiger partial charge in [-0.25, -0.2) is 4.99 Å². The molecule has 2 amide bonds. The van der Waals surface area contributed by atoms with E-state index in [-0.39, 0.29) is 24.2 Å². The summed E-state index contributed by atoms with van der Waals surface area (Å²) in [5.41, 5.74) is 2.48. The maximum Gasteiger partial charge on any atom is 0.249 e. The van der Waals surface area contributed by atoms with Crippen LogP contribution in [0.5, 0.6) is 5.75 Å². The van der Waals surface area contributed by atoms with Gasteiger partial charge in [0.05, 0.1) is 13.5 Å². The number of ether oxygens (including phenoxy) is 1. The molecule has 0 aromatic heterocycles. The second kappa shape index (κ2) is 7.69. The summed E-state index contributed by atoms with van der Waals surface area (Å²) in [4.78, 5) is 28.7. The van der Waals surface area contributed by atoms with Gasteiger partial charge in [0, 0.05) is 11.4 Å². The van der Waals surface area contributed by atoms with Crippen molar-refractivity contribution in [3.63, 3.8) is 0 Å². The lowest BCUT2D eigenvalue weighted by Crippen LogP contribution is -2.45. The second-order valence-corrected chi connectivity index (χ2v) is 5.96. The average molecular weight is 352 g/mol. The average Bonchev–Trinajstić information content (AvgIpc) is 2.62. The smallest absolute Gasteiger partial charge is 0.249 e. The van der Waals surface area contributed by atoms with E-state index in [1.54, 1.807) is 31.4 Å². The first-order valence-electron chi connectivity index (χ1n) is 8.20. The van der Waals surface area contributed by atoms with E-state index in [4.69, 9.17) is 4.74 Å². The number of guanidine groups is 1. The molecule has 0 unspecified atom stereocenters. The maximum atomic E-state index is 12.5. The fourth-order valence-electron chi connectivity index (χ4n) is 2.57. The Balaban J connectivity index is 1.71. The summed E-state index contributed by atoms with van der Waals surface area (Å²) in [6.07, 6.45) is 0.000978. The number of benzene rings is 2. The van der Waals surface area contributed by atoms with Crippen molar-refractivity contribution in [2.24, 2.45) is 4.99 Å². The van der Waals surface area contributed by atoms with Crippen molar-refractivity contribution in [2.75, 3.05) is 17.7 Å². The fraction of sp³-hybridized carbons (Fsp3) is 0.211. The highest BCUT2D eigenvalue weighted by Gasteiger charge is 2.27. The molecular weight excluding hydrogens is 332 g/mol. The predicted octanol–water partition coefficient (Wildman–Crippen LogP) is 2.30. The van der Waals surface area contributed by atoms with Crippen LogP contribution in [0.2, 0.25) is 0 Å². The number of methoxy groups -OCH3 is 1. The van der Waals surface area contributed by atoms with Gasteiger partial charge in [-0.2, -0.15) is 0 Å². The number of carbonyl (C=O) groups excluding carboxylic acids is 2. The number of aliphatic imine (C=N–C) groups is 1. The summed E-state index contributed by atoms with van der Waals surface area (Å²) in [6, 6.07) is 13.8. The van der Waals surface area contributed by atoms with E-state index in [1.165, 1.54) is 0 Å². The van der Waals surface area contributed by atoms with Gasteiger partial charge in [-0.3, -0.25) is 14.9 Å². The van der Waals surface area contributed by atoms with Crippen molar-refractivity contribution in [3.05, 3.63) is 54.1 Å². The number of anilines is 2. The Bertz CT molecular complexity index is 846. The monoisotopic (exact) mass is 352 g/mol. The van der Waals surface area contributed by atoms with Crippen LogP contribution in [0.3, 0.4) is 0 Å². The van der Waals surface area contributed by atoms with Crippen molar-refractivity contribution in [2.45, 2.75) is 19.4 Å². The van der Waals surface area contributed by atoms with E-state index in [2.05, 4.69) is 20.9 Å². The summed E-state index contributed by atoms with van der Waals surface area (Å²) < 4.78 is 5.09. The summed E-state index contributed by atoms with van der Waals surface area (Å²) in [5, 5.41) is 8.46. The predicted molar refractivity (Wildman–Crippen MR) is 100 cm³/mol. The highest BCUT2D eigenvalue weighted by atomic mass is 16.5. The van der Waals surface area contributed by atoms with Crippen molar-refractivity contribution >= 4 is 29.1 Å². The van der Waals surface area contributed by atoms with Gasteiger partial charge in [0.15, 0.2) is 0 Å². The third-order valence-corrected chi connectivity index (χ3v) is 3.86. The largest absolute Gasteiger partial charge is 0.497 e. The second-order valence-electron chi connectivity index (χ2n) is 5.96. The third-order valence-electron chi connectivity index (χ3n) is 3.86. The number of hydrogen-bond acceptors (Lipinski definition) is 5. The van der Waals surface area contributed by atoms with E-state index in [0.29, 0.717) is 11.4 Å². The van der Waals surface area contributed by atoms with Crippen LogP contribution in [-0.2, 0) is 9.59 Å². The van der Waals surface area contributed by atoms with E-state index in [1.807, 2.05) is 31.2 Å². The molecule has 134 valence electrons. The number of rotatable bonds is 4. The van der Waals surface area contributed by atoms with Gasteiger partial charge >= 0.3 is 0 Å². The molecule has 0 fully saturated rings. The molecule has 1 aliphatic rings. The standard InChI is InChI=1S/C19H20N4O3/c1-12-4-3-5-14(10-12)21-19-22-16(11-17(24)23-19)18(25)20-13-6-8-15(26-2)9-7-13/h3-10,16H,11H2,1-2H3,(H,20,25)(H2,21,22,23,24)/t16-/m0/s1. The number of nitrogens with zero attached hydrogens (tertiary/aromatic N) is 1. The van der Waals surface area contributed by atoms with E-state index < -0.39 is 6.04 Å². The molecule has 2 aromatic rings. The van der Waals surface area contributed by atoms with Crippen LogP contribution in [0.4, 0.5) is 11.4 Å². The zero-order valence-electron chi connectivity index (χ0n) is 14.6. The fourth-order valence-corrected chi connectivity index (χ4v) is 2.57. The molecule has 26 heavy (non-hydrogen) atoms. The molecule has 0 spiro atoms. The van der Waals surface area contributed by atoms with Gasteiger partial charge in [0.25, 0.3) is 0 Å². The van der Waals surface area contributed by atoms with Crippen LogP contribution in [-0.4, -0.2) is 30.9 Å². The minimum absolute atomic E-state index is 0.000978.